The number of alkyl halides is 3. The second kappa shape index (κ2) is 4.19. The van der Waals surface area contributed by atoms with Crippen molar-refractivity contribution in [2.24, 2.45) is 5.73 Å². The van der Waals surface area contributed by atoms with Gasteiger partial charge in [0.1, 0.15) is 0 Å². The van der Waals surface area contributed by atoms with Gasteiger partial charge in [-0.3, -0.25) is 0 Å². The van der Waals surface area contributed by atoms with Gasteiger partial charge in [-0.25, -0.2) is 0 Å². The molecule has 0 saturated carbocycles. The Balaban J connectivity index is 2.80. The van der Waals surface area contributed by atoms with Gasteiger partial charge in [0, 0.05) is 11.1 Å². The van der Waals surface area contributed by atoms with Crippen LogP contribution in [0.25, 0.3) is 0 Å². The molecule has 0 unspecified atom stereocenters. The summed E-state index contributed by atoms with van der Waals surface area (Å²) in [6.45, 7) is 0. The van der Waals surface area contributed by atoms with Crippen molar-refractivity contribution in [3.05, 3.63) is 34.9 Å². The third-order valence-corrected chi connectivity index (χ3v) is 2.10. The summed E-state index contributed by atoms with van der Waals surface area (Å²) in [7, 11) is 0. The Labute approximate surface area is 84.7 Å². The molecule has 1 aromatic carbocycles. The Morgan fingerprint density at radius 3 is 2.36 bits per heavy atom. The first-order chi connectivity index (χ1) is 6.40. The summed E-state index contributed by atoms with van der Waals surface area (Å²) in [5.74, 6) is 0. The molecule has 0 saturated heterocycles. The lowest BCUT2D eigenvalue weighted by Gasteiger charge is -2.15. The topological polar surface area (TPSA) is 26.0 Å². The van der Waals surface area contributed by atoms with E-state index in [0.717, 1.165) is 0 Å². The fourth-order valence-corrected chi connectivity index (χ4v) is 1.41. The molecule has 14 heavy (non-hydrogen) atoms. The molecule has 0 heterocycles. The van der Waals surface area contributed by atoms with Crippen LogP contribution in [0.3, 0.4) is 0 Å². The number of benzene rings is 1. The van der Waals surface area contributed by atoms with E-state index < -0.39 is 18.6 Å². The molecule has 5 heteroatoms. The monoisotopic (exact) mass is 223 g/mol. The number of halogens is 4. The predicted octanol–water partition coefficient (Wildman–Crippen LogP) is 3.29. The van der Waals surface area contributed by atoms with Crippen LogP contribution in [0.5, 0.6) is 0 Å². The van der Waals surface area contributed by atoms with Crippen LogP contribution >= 0.6 is 11.6 Å². The average molecular weight is 224 g/mol. The van der Waals surface area contributed by atoms with Crippen molar-refractivity contribution >= 4 is 11.6 Å². The van der Waals surface area contributed by atoms with Gasteiger partial charge in [0.15, 0.2) is 0 Å². The number of hydrogen-bond acceptors (Lipinski definition) is 1. The maximum Gasteiger partial charge on any atom is 0.390 e. The fourth-order valence-electron chi connectivity index (χ4n) is 1.14. The van der Waals surface area contributed by atoms with Gasteiger partial charge < -0.3 is 5.73 Å². The van der Waals surface area contributed by atoms with E-state index in [9.17, 15) is 13.2 Å². The molecule has 0 fully saturated rings. The van der Waals surface area contributed by atoms with Crippen molar-refractivity contribution in [1.82, 2.24) is 0 Å². The van der Waals surface area contributed by atoms with Gasteiger partial charge in [-0.1, -0.05) is 29.8 Å². The Kier molecular flexibility index (Phi) is 3.39. The Morgan fingerprint density at radius 2 is 1.86 bits per heavy atom. The lowest BCUT2D eigenvalue weighted by Crippen LogP contribution is -2.20. The first kappa shape index (κ1) is 11.3. The summed E-state index contributed by atoms with van der Waals surface area (Å²) in [5, 5.41) is 0.268. The number of hydrogen-bond donors (Lipinski definition) is 1. The number of rotatable bonds is 2. The maximum atomic E-state index is 12.0. The summed E-state index contributed by atoms with van der Waals surface area (Å²) >= 11 is 5.70. The Bertz CT molecular complexity index is 311. The smallest absolute Gasteiger partial charge is 0.324 e. The Hall–Kier alpha value is -0.740. The molecule has 0 bridgehead atoms. The summed E-state index contributed by atoms with van der Waals surface area (Å²) in [5.41, 5.74) is 5.70. The van der Waals surface area contributed by atoms with E-state index in [1.54, 1.807) is 12.1 Å². The molecule has 0 aliphatic heterocycles. The summed E-state index contributed by atoms with van der Waals surface area (Å²) < 4.78 is 36.0. The zero-order valence-corrected chi connectivity index (χ0v) is 7.94. The molecule has 1 rings (SSSR count). The molecule has 1 aromatic rings. The molecule has 78 valence electrons. The van der Waals surface area contributed by atoms with Gasteiger partial charge in [0.05, 0.1) is 6.42 Å². The van der Waals surface area contributed by atoms with E-state index in [1.165, 1.54) is 12.1 Å². The zero-order chi connectivity index (χ0) is 10.8. The van der Waals surface area contributed by atoms with Gasteiger partial charge >= 0.3 is 6.18 Å². The van der Waals surface area contributed by atoms with Crippen molar-refractivity contribution in [3.63, 3.8) is 0 Å². The van der Waals surface area contributed by atoms with Crippen LogP contribution < -0.4 is 5.73 Å². The highest BCUT2D eigenvalue weighted by atomic mass is 35.5. The van der Waals surface area contributed by atoms with Crippen molar-refractivity contribution in [3.8, 4) is 0 Å². The van der Waals surface area contributed by atoms with Gasteiger partial charge in [0.25, 0.3) is 0 Å². The van der Waals surface area contributed by atoms with Crippen LogP contribution in [0, 0.1) is 0 Å². The molecular weight excluding hydrogens is 215 g/mol. The summed E-state index contributed by atoms with van der Waals surface area (Å²) in [6.07, 6.45) is -5.32. The van der Waals surface area contributed by atoms with E-state index in [-0.39, 0.29) is 5.02 Å². The second-order valence-electron chi connectivity index (χ2n) is 2.95. The predicted molar refractivity (Wildman–Crippen MR) is 49.1 cm³/mol. The van der Waals surface area contributed by atoms with E-state index in [4.69, 9.17) is 17.3 Å². The first-order valence-electron chi connectivity index (χ1n) is 3.97. The minimum absolute atomic E-state index is 0.268. The highest BCUT2D eigenvalue weighted by Crippen LogP contribution is 2.30. The molecule has 0 amide bonds. The van der Waals surface area contributed by atoms with Crippen molar-refractivity contribution in [2.75, 3.05) is 0 Å². The van der Waals surface area contributed by atoms with E-state index in [1.807, 2.05) is 0 Å². The summed E-state index contributed by atoms with van der Waals surface area (Å²) in [4.78, 5) is 0. The van der Waals surface area contributed by atoms with Crippen molar-refractivity contribution in [1.29, 1.82) is 0 Å². The largest absolute Gasteiger partial charge is 0.390 e. The molecule has 1 atom stereocenters. The number of nitrogens with two attached hydrogens (primary N) is 1. The highest BCUT2D eigenvalue weighted by Gasteiger charge is 2.31. The molecule has 0 spiro atoms. The zero-order valence-electron chi connectivity index (χ0n) is 7.18. The first-order valence-corrected chi connectivity index (χ1v) is 4.35. The molecule has 0 aliphatic rings. The quantitative estimate of drug-likeness (QED) is 0.818. The highest BCUT2D eigenvalue weighted by molar-refractivity contribution is 6.31. The molecule has 2 N–H and O–H groups in total. The third-order valence-electron chi connectivity index (χ3n) is 1.76. The van der Waals surface area contributed by atoms with Crippen LogP contribution in [0.15, 0.2) is 24.3 Å². The van der Waals surface area contributed by atoms with Crippen LogP contribution in [0.1, 0.15) is 18.0 Å². The lowest BCUT2D eigenvalue weighted by molar-refractivity contribution is -0.138. The van der Waals surface area contributed by atoms with E-state index in [2.05, 4.69) is 0 Å². The van der Waals surface area contributed by atoms with Crippen LogP contribution in [-0.2, 0) is 0 Å². The normalized spacial score (nSPS) is 14.1. The molecular formula is C9H9ClF3N. The van der Waals surface area contributed by atoms with E-state index in [0.29, 0.717) is 5.56 Å². The molecule has 1 nitrogen and oxygen atoms in total. The minimum Gasteiger partial charge on any atom is -0.324 e. The van der Waals surface area contributed by atoms with Crippen LogP contribution in [0.2, 0.25) is 5.02 Å². The van der Waals surface area contributed by atoms with Gasteiger partial charge in [-0.05, 0) is 11.6 Å². The minimum atomic E-state index is -4.27. The van der Waals surface area contributed by atoms with E-state index >= 15 is 0 Å². The Morgan fingerprint density at radius 1 is 1.29 bits per heavy atom. The van der Waals surface area contributed by atoms with Crippen LogP contribution in [0.4, 0.5) is 13.2 Å². The van der Waals surface area contributed by atoms with Gasteiger partial charge in [-0.15, -0.1) is 0 Å². The van der Waals surface area contributed by atoms with Crippen molar-refractivity contribution < 1.29 is 13.2 Å². The molecule has 0 radical (unpaired) electrons. The standard InChI is InChI=1S/C9H9ClF3N/c10-7-4-2-1-3-6(7)8(14)5-9(11,12)13/h1-4,8H,5,14H2/t8-/m1/s1. The summed E-state index contributed by atoms with van der Waals surface area (Å²) in [6, 6.07) is 5.18. The third kappa shape index (κ3) is 3.20. The van der Waals surface area contributed by atoms with Gasteiger partial charge in [-0.2, -0.15) is 13.2 Å². The van der Waals surface area contributed by atoms with Crippen molar-refractivity contribution in [2.45, 2.75) is 18.6 Å². The second-order valence-corrected chi connectivity index (χ2v) is 3.35. The maximum absolute atomic E-state index is 12.0. The van der Waals surface area contributed by atoms with Crippen LogP contribution in [-0.4, -0.2) is 6.18 Å². The fraction of sp³-hybridized carbons (Fsp3) is 0.333. The molecule has 0 aromatic heterocycles. The molecule has 0 aliphatic carbocycles. The lowest BCUT2D eigenvalue weighted by atomic mass is 10.0. The average Bonchev–Trinajstić information content (AvgIpc) is 2.01. The SMILES string of the molecule is N[C@H](CC(F)(F)F)c1ccccc1Cl. The van der Waals surface area contributed by atoms with Gasteiger partial charge in [0.2, 0.25) is 0 Å².